The molecule has 1 N–H and O–H groups in total. The van der Waals surface area contributed by atoms with Crippen LogP contribution in [0.1, 0.15) is 10.5 Å². The van der Waals surface area contributed by atoms with E-state index in [2.05, 4.69) is 5.32 Å². The minimum Gasteiger partial charge on any atom is -0.354 e. The molecule has 128 valence electrons. The number of nitrogens with one attached hydrogen (secondary N) is 1. The number of hydrogen-bond acceptors (Lipinski definition) is 1. The Kier molecular flexibility index (Phi) is 5.09. The summed E-state index contributed by atoms with van der Waals surface area (Å²) in [7, 11) is 3.45. The van der Waals surface area contributed by atoms with Crippen LogP contribution in [-0.4, -0.2) is 17.5 Å². The molecule has 0 atom stereocenters. The van der Waals surface area contributed by atoms with Gasteiger partial charge in [-0.1, -0.05) is 53.0 Å². The second-order valence-electron chi connectivity index (χ2n) is 5.56. The zero-order valence-electron chi connectivity index (χ0n) is 13.6. The average molecular weight is 394 g/mol. The molecule has 0 saturated heterocycles. The fourth-order valence-corrected chi connectivity index (χ4v) is 3.46. The van der Waals surface area contributed by atoms with Gasteiger partial charge in [-0.3, -0.25) is 4.79 Å². The lowest BCUT2D eigenvalue weighted by molar-refractivity contribution is 0.0955. The van der Waals surface area contributed by atoms with Crippen LogP contribution < -0.4 is 5.32 Å². The van der Waals surface area contributed by atoms with Gasteiger partial charge in [-0.15, -0.1) is 0 Å². The monoisotopic (exact) mass is 392 g/mol. The van der Waals surface area contributed by atoms with Crippen LogP contribution in [0.25, 0.3) is 22.4 Å². The lowest BCUT2D eigenvalue weighted by atomic mass is 10.0. The van der Waals surface area contributed by atoms with Crippen LogP contribution in [0.2, 0.25) is 15.1 Å². The van der Waals surface area contributed by atoms with Gasteiger partial charge in [0.25, 0.3) is 5.91 Å². The largest absolute Gasteiger partial charge is 0.354 e. The molecule has 3 aromatic rings. The standard InChI is InChI=1S/C19H15Cl3N2O/c1-23-19(25)17-10-15(14-8-7-13(21)9-16(14)22)18(24(17)2)11-3-5-12(20)6-4-11/h3-10H,1-2H3,(H,23,25). The lowest BCUT2D eigenvalue weighted by Crippen LogP contribution is -2.20. The van der Waals surface area contributed by atoms with Crippen LogP contribution in [0.4, 0.5) is 0 Å². The van der Waals surface area contributed by atoms with E-state index in [4.69, 9.17) is 34.8 Å². The topological polar surface area (TPSA) is 34.0 Å². The quantitative estimate of drug-likeness (QED) is 0.610. The highest BCUT2D eigenvalue weighted by Crippen LogP contribution is 2.39. The highest BCUT2D eigenvalue weighted by molar-refractivity contribution is 6.36. The lowest BCUT2D eigenvalue weighted by Gasteiger charge is -2.11. The number of nitrogens with zero attached hydrogens (tertiary/aromatic N) is 1. The summed E-state index contributed by atoms with van der Waals surface area (Å²) in [6.07, 6.45) is 0. The molecule has 0 bridgehead atoms. The Labute approximate surface area is 161 Å². The molecule has 0 fully saturated rings. The maximum absolute atomic E-state index is 12.2. The first-order valence-corrected chi connectivity index (χ1v) is 8.69. The fraction of sp³-hybridized carbons (Fsp3) is 0.105. The first-order valence-electron chi connectivity index (χ1n) is 7.55. The molecule has 0 aliphatic carbocycles. The molecule has 0 spiro atoms. The molecule has 25 heavy (non-hydrogen) atoms. The van der Waals surface area contributed by atoms with Gasteiger partial charge in [-0.25, -0.2) is 0 Å². The summed E-state index contributed by atoms with van der Waals surface area (Å²) in [5.41, 5.74) is 4.00. The third-order valence-electron chi connectivity index (χ3n) is 4.03. The number of benzene rings is 2. The van der Waals surface area contributed by atoms with Gasteiger partial charge in [0.05, 0.1) is 5.69 Å². The maximum Gasteiger partial charge on any atom is 0.267 e. The first-order chi connectivity index (χ1) is 11.9. The second kappa shape index (κ2) is 7.12. The van der Waals surface area contributed by atoms with Crippen molar-refractivity contribution in [3.8, 4) is 22.4 Å². The Morgan fingerprint density at radius 1 is 0.920 bits per heavy atom. The Hall–Kier alpha value is -1.94. The first kappa shape index (κ1) is 17.9. The molecule has 1 amide bonds. The minimum absolute atomic E-state index is 0.172. The summed E-state index contributed by atoms with van der Waals surface area (Å²) in [6, 6.07) is 14.6. The zero-order chi connectivity index (χ0) is 18.1. The third-order valence-corrected chi connectivity index (χ3v) is 4.83. The van der Waals surface area contributed by atoms with E-state index in [-0.39, 0.29) is 5.91 Å². The van der Waals surface area contributed by atoms with Crippen molar-refractivity contribution in [3.05, 3.63) is 69.3 Å². The summed E-state index contributed by atoms with van der Waals surface area (Å²) in [5.74, 6) is -0.172. The molecule has 0 saturated carbocycles. The Morgan fingerprint density at radius 2 is 1.56 bits per heavy atom. The summed E-state index contributed by atoms with van der Waals surface area (Å²) in [4.78, 5) is 12.2. The van der Waals surface area contributed by atoms with Crippen LogP contribution in [0.3, 0.4) is 0 Å². The zero-order valence-corrected chi connectivity index (χ0v) is 15.9. The molecule has 0 radical (unpaired) electrons. The second-order valence-corrected chi connectivity index (χ2v) is 6.84. The molecule has 0 unspecified atom stereocenters. The number of carbonyl (C=O) groups excluding carboxylic acids is 1. The molecular formula is C19H15Cl3N2O. The molecule has 1 aromatic heterocycles. The van der Waals surface area contributed by atoms with Crippen molar-refractivity contribution in [1.29, 1.82) is 0 Å². The van der Waals surface area contributed by atoms with Crippen LogP contribution in [0, 0.1) is 0 Å². The summed E-state index contributed by atoms with van der Waals surface area (Å²) >= 11 is 18.4. The van der Waals surface area contributed by atoms with Crippen molar-refractivity contribution < 1.29 is 4.79 Å². The van der Waals surface area contributed by atoms with Crippen molar-refractivity contribution in [2.45, 2.75) is 0 Å². The average Bonchev–Trinajstić information content (AvgIpc) is 2.92. The van der Waals surface area contributed by atoms with Crippen molar-refractivity contribution in [3.63, 3.8) is 0 Å². The van der Waals surface area contributed by atoms with E-state index in [9.17, 15) is 4.79 Å². The van der Waals surface area contributed by atoms with Crippen LogP contribution >= 0.6 is 34.8 Å². The molecule has 0 aliphatic rings. The predicted molar refractivity (Wildman–Crippen MR) is 105 cm³/mol. The van der Waals surface area contributed by atoms with Gasteiger partial charge in [0.15, 0.2) is 0 Å². The number of carbonyl (C=O) groups is 1. The molecule has 0 aliphatic heterocycles. The molecule has 1 heterocycles. The Balaban J connectivity index is 2.29. The van der Waals surface area contributed by atoms with Gasteiger partial charge >= 0.3 is 0 Å². The smallest absolute Gasteiger partial charge is 0.267 e. The Morgan fingerprint density at radius 3 is 2.16 bits per heavy atom. The summed E-state index contributed by atoms with van der Waals surface area (Å²) in [6.45, 7) is 0. The number of halogens is 3. The maximum atomic E-state index is 12.2. The highest BCUT2D eigenvalue weighted by atomic mass is 35.5. The van der Waals surface area contributed by atoms with Crippen LogP contribution in [-0.2, 0) is 7.05 Å². The van der Waals surface area contributed by atoms with Gasteiger partial charge in [-0.2, -0.15) is 0 Å². The summed E-state index contributed by atoms with van der Waals surface area (Å²) in [5, 5.41) is 4.40. The van der Waals surface area contributed by atoms with Crippen molar-refractivity contribution >= 4 is 40.7 Å². The molecule has 2 aromatic carbocycles. The van der Waals surface area contributed by atoms with Gasteiger partial charge in [0.2, 0.25) is 0 Å². The van der Waals surface area contributed by atoms with E-state index in [1.807, 2.05) is 48.0 Å². The van der Waals surface area contributed by atoms with Crippen molar-refractivity contribution in [2.75, 3.05) is 7.05 Å². The van der Waals surface area contributed by atoms with Crippen molar-refractivity contribution in [1.82, 2.24) is 9.88 Å². The highest BCUT2D eigenvalue weighted by Gasteiger charge is 2.21. The molecule has 6 heteroatoms. The summed E-state index contributed by atoms with van der Waals surface area (Å²) < 4.78 is 1.85. The fourth-order valence-electron chi connectivity index (χ4n) is 2.82. The van der Waals surface area contributed by atoms with E-state index in [0.717, 1.165) is 22.4 Å². The van der Waals surface area contributed by atoms with E-state index in [1.54, 1.807) is 19.2 Å². The Bertz CT molecular complexity index is 946. The van der Waals surface area contributed by atoms with Gasteiger partial charge < -0.3 is 9.88 Å². The van der Waals surface area contributed by atoms with E-state index in [1.165, 1.54) is 0 Å². The van der Waals surface area contributed by atoms with E-state index >= 15 is 0 Å². The van der Waals surface area contributed by atoms with Gasteiger partial charge in [0.1, 0.15) is 5.69 Å². The molecule has 3 rings (SSSR count). The van der Waals surface area contributed by atoms with Gasteiger partial charge in [0, 0.05) is 40.3 Å². The number of aromatic nitrogens is 1. The van der Waals surface area contributed by atoms with Crippen LogP contribution in [0.5, 0.6) is 0 Å². The molecular weight excluding hydrogens is 379 g/mol. The van der Waals surface area contributed by atoms with Crippen LogP contribution in [0.15, 0.2) is 48.5 Å². The number of hydrogen-bond donors (Lipinski definition) is 1. The molecule has 3 nitrogen and oxygen atoms in total. The number of rotatable bonds is 3. The number of amides is 1. The SMILES string of the molecule is CNC(=O)c1cc(-c2ccc(Cl)cc2Cl)c(-c2ccc(Cl)cc2)n1C. The van der Waals surface area contributed by atoms with Crippen molar-refractivity contribution in [2.24, 2.45) is 7.05 Å². The van der Waals surface area contributed by atoms with E-state index in [0.29, 0.717) is 20.8 Å². The van der Waals surface area contributed by atoms with Gasteiger partial charge in [-0.05, 0) is 35.9 Å². The predicted octanol–water partition coefficient (Wildman–Crippen LogP) is 5.68. The normalized spacial score (nSPS) is 10.8. The third kappa shape index (κ3) is 3.40. The minimum atomic E-state index is -0.172. The van der Waals surface area contributed by atoms with E-state index < -0.39 is 0 Å².